The molecule has 1 fully saturated rings. The van der Waals surface area contributed by atoms with E-state index in [4.69, 9.17) is 4.98 Å². The summed E-state index contributed by atoms with van der Waals surface area (Å²) in [6.45, 7) is 8.25. The fraction of sp³-hybridized carbons (Fsp3) is 0.615. The van der Waals surface area contributed by atoms with Crippen LogP contribution in [-0.4, -0.2) is 32.7 Å². The number of fused-ring (bicyclic) bond motifs is 1. The highest BCUT2D eigenvalue weighted by molar-refractivity contribution is 5.49. The Labute approximate surface area is 111 Å². The lowest BCUT2D eigenvalue weighted by Gasteiger charge is -2.22. The van der Waals surface area contributed by atoms with E-state index >= 15 is 0 Å². The van der Waals surface area contributed by atoms with E-state index in [-0.39, 0.29) is 11.1 Å². The van der Waals surface area contributed by atoms with Gasteiger partial charge in [0.05, 0.1) is 5.69 Å². The van der Waals surface area contributed by atoms with Crippen molar-refractivity contribution in [2.45, 2.75) is 39.0 Å². The maximum absolute atomic E-state index is 11.9. The summed E-state index contributed by atoms with van der Waals surface area (Å²) in [5, 5.41) is 6.59. The number of rotatable bonds is 1. The molecule has 102 valence electrons. The second kappa shape index (κ2) is 4.08. The molecule has 0 spiro atoms. The molecule has 0 atom stereocenters. The topological polar surface area (TPSA) is 66.3 Å². The standard InChI is InChI=1S/C13H19N5O/c1-13(2,3)9-8-10-15-16-12(19)18(10)11(14-9)17-6-4-5-7-17/h8H,4-7H2,1-3H3,(H,16,19). The maximum Gasteiger partial charge on any atom is 0.350 e. The lowest BCUT2D eigenvalue weighted by molar-refractivity contribution is 0.566. The minimum Gasteiger partial charge on any atom is -0.342 e. The number of H-pyrrole nitrogens is 1. The summed E-state index contributed by atoms with van der Waals surface area (Å²) in [5.41, 5.74) is 1.32. The highest BCUT2D eigenvalue weighted by Crippen LogP contribution is 2.25. The van der Waals surface area contributed by atoms with E-state index in [2.05, 4.69) is 35.9 Å². The Hall–Kier alpha value is -1.85. The maximum atomic E-state index is 11.9. The molecule has 19 heavy (non-hydrogen) atoms. The van der Waals surface area contributed by atoms with Gasteiger partial charge in [0.15, 0.2) is 5.65 Å². The van der Waals surface area contributed by atoms with Gasteiger partial charge < -0.3 is 4.90 Å². The summed E-state index contributed by atoms with van der Waals surface area (Å²) in [4.78, 5) is 18.8. The monoisotopic (exact) mass is 261 g/mol. The van der Waals surface area contributed by atoms with Crippen LogP contribution in [0.1, 0.15) is 39.3 Å². The van der Waals surface area contributed by atoms with Crippen LogP contribution in [-0.2, 0) is 5.41 Å². The summed E-state index contributed by atoms with van der Waals surface area (Å²) in [5.74, 6) is 0.721. The van der Waals surface area contributed by atoms with Gasteiger partial charge in [-0.15, -0.1) is 0 Å². The van der Waals surface area contributed by atoms with Crippen molar-refractivity contribution < 1.29 is 0 Å². The largest absolute Gasteiger partial charge is 0.350 e. The first-order valence-corrected chi connectivity index (χ1v) is 6.70. The van der Waals surface area contributed by atoms with Crippen LogP contribution in [0.2, 0.25) is 0 Å². The Bertz CT molecular complexity index is 658. The van der Waals surface area contributed by atoms with Crippen LogP contribution in [0.3, 0.4) is 0 Å². The van der Waals surface area contributed by atoms with Gasteiger partial charge in [0.25, 0.3) is 0 Å². The molecule has 1 N–H and O–H groups in total. The van der Waals surface area contributed by atoms with Crippen LogP contribution in [0.15, 0.2) is 10.9 Å². The predicted octanol–water partition coefficient (Wildman–Crippen LogP) is 1.32. The van der Waals surface area contributed by atoms with E-state index in [1.54, 1.807) is 4.40 Å². The zero-order valence-electron chi connectivity index (χ0n) is 11.6. The quantitative estimate of drug-likeness (QED) is 0.840. The smallest absolute Gasteiger partial charge is 0.342 e. The zero-order chi connectivity index (χ0) is 13.6. The number of aromatic nitrogens is 4. The molecule has 3 heterocycles. The van der Waals surface area contributed by atoms with Crippen LogP contribution in [0.25, 0.3) is 5.65 Å². The number of anilines is 1. The van der Waals surface area contributed by atoms with Crippen molar-refractivity contribution in [3.05, 3.63) is 22.2 Å². The molecular weight excluding hydrogens is 242 g/mol. The first-order chi connectivity index (χ1) is 8.97. The van der Waals surface area contributed by atoms with Gasteiger partial charge in [0, 0.05) is 24.6 Å². The molecule has 0 amide bonds. The predicted molar refractivity (Wildman–Crippen MR) is 73.8 cm³/mol. The van der Waals surface area contributed by atoms with E-state index in [1.165, 1.54) is 0 Å². The van der Waals surface area contributed by atoms with E-state index in [0.29, 0.717) is 5.65 Å². The van der Waals surface area contributed by atoms with Gasteiger partial charge in [-0.2, -0.15) is 5.10 Å². The summed E-state index contributed by atoms with van der Waals surface area (Å²) in [6, 6.07) is 1.89. The Morgan fingerprint density at radius 1 is 1.26 bits per heavy atom. The van der Waals surface area contributed by atoms with Crippen molar-refractivity contribution in [2.24, 2.45) is 0 Å². The molecule has 0 bridgehead atoms. The summed E-state index contributed by atoms with van der Waals surface area (Å²) in [7, 11) is 0. The minimum absolute atomic E-state index is 0.0643. The molecule has 1 aliphatic rings. The number of nitrogens with one attached hydrogen (secondary N) is 1. The van der Waals surface area contributed by atoms with Gasteiger partial charge in [-0.05, 0) is 12.8 Å². The van der Waals surface area contributed by atoms with Crippen LogP contribution < -0.4 is 10.6 Å². The molecule has 1 saturated heterocycles. The average Bonchev–Trinajstić information content (AvgIpc) is 2.97. The second-order valence-electron chi connectivity index (χ2n) is 6.11. The minimum atomic E-state index is -0.218. The van der Waals surface area contributed by atoms with Gasteiger partial charge in [-0.1, -0.05) is 20.8 Å². The number of hydrogen-bond donors (Lipinski definition) is 1. The first kappa shape index (κ1) is 12.2. The third-order valence-corrected chi connectivity index (χ3v) is 3.54. The summed E-state index contributed by atoms with van der Waals surface area (Å²) < 4.78 is 1.57. The third kappa shape index (κ3) is 2.01. The first-order valence-electron chi connectivity index (χ1n) is 6.70. The van der Waals surface area contributed by atoms with E-state index in [0.717, 1.165) is 37.6 Å². The van der Waals surface area contributed by atoms with Crippen molar-refractivity contribution >= 4 is 11.6 Å². The normalized spacial score (nSPS) is 16.5. The zero-order valence-corrected chi connectivity index (χ0v) is 11.6. The highest BCUT2D eigenvalue weighted by Gasteiger charge is 2.23. The molecule has 1 aliphatic heterocycles. The third-order valence-electron chi connectivity index (χ3n) is 3.54. The fourth-order valence-corrected chi connectivity index (χ4v) is 2.43. The van der Waals surface area contributed by atoms with Crippen molar-refractivity contribution in [3.63, 3.8) is 0 Å². The molecule has 0 unspecified atom stereocenters. The molecule has 0 aromatic carbocycles. The van der Waals surface area contributed by atoms with Gasteiger partial charge in [-0.3, -0.25) is 0 Å². The average molecular weight is 261 g/mol. The second-order valence-corrected chi connectivity index (χ2v) is 6.11. The number of aromatic amines is 1. The SMILES string of the molecule is CC(C)(C)c1cc2n[nH]c(=O)n2c(N2CCCC2)n1. The number of nitrogens with zero attached hydrogens (tertiary/aromatic N) is 4. The Balaban J connectivity index is 2.26. The summed E-state index contributed by atoms with van der Waals surface area (Å²) >= 11 is 0. The van der Waals surface area contributed by atoms with E-state index < -0.39 is 0 Å². The highest BCUT2D eigenvalue weighted by atomic mass is 16.1. The molecule has 6 nitrogen and oxygen atoms in total. The lowest BCUT2D eigenvalue weighted by Crippen LogP contribution is -2.27. The molecule has 2 aromatic heterocycles. The lowest BCUT2D eigenvalue weighted by atomic mass is 9.92. The van der Waals surface area contributed by atoms with Crippen LogP contribution in [0.5, 0.6) is 0 Å². The Morgan fingerprint density at radius 3 is 2.58 bits per heavy atom. The molecule has 2 aromatic rings. The Morgan fingerprint density at radius 2 is 1.95 bits per heavy atom. The van der Waals surface area contributed by atoms with Gasteiger partial charge in [0.2, 0.25) is 5.95 Å². The fourth-order valence-electron chi connectivity index (χ4n) is 2.43. The molecule has 0 saturated carbocycles. The van der Waals surface area contributed by atoms with E-state index in [9.17, 15) is 4.79 Å². The van der Waals surface area contributed by atoms with Crippen molar-refractivity contribution in [1.29, 1.82) is 0 Å². The molecule has 0 aliphatic carbocycles. The molecule has 0 radical (unpaired) electrons. The van der Waals surface area contributed by atoms with Crippen molar-refractivity contribution in [1.82, 2.24) is 19.6 Å². The molecule has 6 heteroatoms. The summed E-state index contributed by atoms with van der Waals surface area (Å²) in [6.07, 6.45) is 2.30. The van der Waals surface area contributed by atoms with Crippen LogP contribution in [0, 0.1) is 0 Å². The van der Waals surface area contributed by atoms with E-state index in [1.807, 2.05) is 6.07 Å². The van der Waals surface area contributed by atoms with Crippen LogP contribution in [0.4, 0.5) is 5.95 Å². The molecule has 3 rings (SSSR count). The van der Waals surface area contributed by atoms with Crippen molar-refractivity contribution in [2.75, 3.05) is 18.0 Å². The Kier molecular flexibility index (Phi) is 2.62. The van der Waals surface area contributed by atoms with Gasteiger partial charge in [-0.25, -0.2) is 19.3 Å². The van der Waals surface area contributed by atoms with Crippen LogP contribution >= 0.6 is 0 Å². The van der Waals surface area contributed by atoms with Gasteiger partial charge in [0.1, 0.15) is 0 Å². The molecular formula is C13H19N5O. The van der Waals surface area contributed by atoms with Gasteiger partial charge >= 0.3 is 5.69 Å². The van der Waals surface area contributed by atoms with Crippen molar-refractivity contribution in [3.8, 4) is 0 Å². The number of hydrogen-bond acceptors (Lipinski definition) is 4.